The van der Waals surface area contributed by atoms with Crippen LogP contribution in [0.5, 0.6) is 0 Å². The number of nitriles is 1. The summed E-state index contributed by atoms with van der Waals surface area (Å²) in [5.74, 6) is -0.151. The van der Waals surface area contributed by atoms with Gasteiger partial charge in [-0.2, -0.15) is 15.5 Å². The first-order valence-electron chi connectivity index (χ1n) is 7.71. The summed E-state index contributed by atoms with van der Waals surface area (Å²) in [5, 5.41) is 17.8. The van der Waals surface area contributed by atoms with Crippen molar-refractivity contribution >= 4 is 17.1 Å². The van der Waals surface area contributed by atoms with Gasteiger partial charge < -0.3 is 4.90 Å². The van der Waals surface area contributed by atoms with Gasteiger partial charge in [0.2, 0.25) is 5.91 Å². The summed E-state index contributed by atoms with van der Waals surface area (Å²) in [6, 6.07) is 5.96. The van der Waals surface area contributed by atoms with Crippen molar-refractivity contribution in [3.63, 3.8) is 0 Å². The monoisotopic (exact) mass is 320 g/mol. The van der Waals surface area contributed by atoms with Gasteiger partial charge in [0, 0.05) is 43.3 Å². The van der Waals surface area contributed by atoms with Crippen molar-refractivity contribution < 1.29 is 4.79 Å². The van der Waals surface area contributed by atoms with E-state index in [1.54, 1.807) is 33.4 Å². The highest BCUT2D eigenvalue weighted by Gasteiger charge is 2.44. The molecule has 4 rings (SSSR count). The van der Waals surface area contributed by atoms with Gasteiger partial charge in [-0.1, -0.05) is 0 Å². The molecule has 1 saturated heterocycles. The van der Waals surface area contributed by atoms with Crippen LogP contribution in [0.2, 0.25) is 0 Å². The summed E-state index contributed by atoms with van der Waals surface area (Å²) >= 11 is 0. The Labute approximate surface area is 138 Å². The van der Waals surface area contributed by atoms with E-state index in [-0.39, 0.29) is 5.91 Å². The molecule has 1 atom stereocenters. The molecule has 7 heteroatoms. The molecule has 0 unspecified atom stereocenters. The zero-order chi connectivity index (χ0) is 16.9. The lowest BCUT2D eigenvalue weighted by molar-refractivity contribution is -0.122. The van der Waals surface area contributed by atoms with Crippen LogP contribution >= 0.6 is 0 Å². The molecule has 0 saturated carbocycles. The summed E-state index contributed by atoms with van der Waals surface area (Å²) in [6.07, 6.45) is 7.85. The van der Waals surface area contributed by atoms with Gasteiger partial charge in [-0.05, 0) is 25.5 Å². The Morgan fingerprint density at radius 3 is 2.79 bits per heavy atom. The van der Waals surface area contributed by atoms with Crippen molar-refractivity contribution in [2.75, 3.05) is 11.4 Å². The van der Waals surface area contributed by atoms with Gasteiger partial charge in [0.15, 0.2) is 0 Å². The van der Waals surface area contributed by atoms with E-state index in [4.69, 9.17) is 0 Å². The van der Waals surface area contributed by atoms with Crippen molar-refractivity contribution in [3.8, 4) is 17.2 Å². The van der Waals surface area contributed by atoms with Gasteiger partial charge >= 0.3 is 0 Å². The number of carbonyl (C=O) groups excluding carboxylic acids is 1. The van der Waals surface area contributed by atoms with Crippen molar-refractivity contribution in [3.05, 3.63) is 36.9 Å². The van der Waals surface area contributed by atoms with E-state index < -0.39 is 5.41 Å². The average molecular weight is 320 g/mol. The van der Waals surface area contributed by atoms with E-state index >= 15 is 0 Å². The Bertz CT molecular complexity index is 994. The zero-order valence-electron chi connectivity index (χ0n) is 13.5. The molecule has 0 aliphatic carbocycles. The zero-order valence-corrected chi connectivity index (χ0v) is 13.5. The SMILES string of the molecule is Cn1cc(-c2cc3c(N4CC[C@@](C)(C#N)C4=O)ccnn3c2)cn1. The largest absolute Gasteiger partial charge is 0.309 e. The van der Waals surface area contributed by atoms with Crippen molar-refractivity contribution in [1.29, 1.82) is 5.26 Å². The molecule has 1 fully saturated rings. The molecule has 0 spiro atoms. The predicted molar refractivity (Wildman–Crippen MR) is 88.1 cm³/mol. The molecule has 3 aromatic heterocycles. The molecule has 120 valence electrons. The Balaban J connectivity index is 1.82. The minimum absolute atomic E-state index is 0.151. The van der Waals surface area contributed by atoms with Gasteiger partial charge in [0.05, 0.1) is 23.5 Å². The second-order valence-electron chi connectivity index (χ2n) is 6.33. The normalized spacial score (nSPS) is 20.7. The number of rotatable bonds is 2. The third kappa shape index (κ3) is 2.00. The molecule has 0 radical (unpaired) electrons. The molecule has 1 aliphatic rings. The first-order valence-corrected chi connectivity index (χ1v) is 7.71. The van der Waals surface area contributed by atoms with Crippen molar-refractivity contribution in [1.82, 2.24) is 19.4 Å². The number of aryl methyl sites for hydroxylation is 1. The van der Waals surface area contributed by atoms with Crippen LogP contribution in [0, 0.1) is 16.7 Å². The number of hydrogen-bond donors (Lipinski definition) is 0. The van der Waals surface area contributed by atoms with E-state index in [0.717, 1.165) is 22.3 Å². The average Bonchev–Trinajstić information content (AvgIpc) is 3.26. The van der Waals surface area contributed by atoms with Crippen molar-refractivity contribution in [2.45, 2.75) is 13.3 Å². The molecule has 24 heavy (non-hydrogen) atoms. The number of carbonyl (C=O) groups is 1. The van der Waals surface area contributed by atoms with Gasteiger partial charge in [0.1, 0.15) is 5.41 Å². The van der Waals surface area contributed by atoms with Gasteiger partial charge in [-0.25, -0.2) is 4.52 Å². The number of hydrogen-bond acceptors (Lipinski definition) is 4. The fraction of sp³-hybridized carbons (Fsp3) is 0.294. The number of aromatic nitrogens is 4. The van der Waals surface area contributed by atoms with E-state index in [9.17, 15) is 10.1 Å². The molecular weight excluding hydrogens is 304 g/mol. The summed E-state index contributed by atoms with van der Waals surface area (Å²) < 4.78 is 3.50. The van der Waals surface area contributed by atoms with Crippen LogP contribution in [0.25, 0.3) is 16.6 Å². The lowest BCUT2D eigenvalue weighted by Crippen LogP contribution is -2.32. The molecule has 0 bridgehead atoms. The fourth-order valence-electron chi connectivity index (χ4n) is 3.13. The second-order valence-corrected chi connectivity index (χ2v) is 6.33. The van der Waals surface area contributed by atoms with Crippen LogP contribution in [0.1, 0.15) is 13.3 Å². The maximum absolute atomic E-state index is 12.6. The fourth-order valence-corrected chi connectivity index (χ4v) is 3.13. The Morgan fingerprint density at radius 1 is 1.29 bits per heavy atom. The standard InChI is InChI=1S/C17H16N6O/c1-17(11-18)4-6-22(16(17)24)14-3-5-19-23-10-12(7-15(14)23)13-8-20-21(2)9-13/h3,5,7-10H,4,6H2,1-2H3/t17-/m0/s1. The summed E-state index contributed by atoms with van der Waals surface area (Å²) in [6.45, 7) is 2.24. The summed E-state index contributed by atoms with van der Waals surface area (Å²) in [4.78, 5) is 14.3. The summed E-state index contributed by atoms with van der Waals surface area (Å²) in [7, 11) is 1.87. The molecule has 3 aromatic rings. The van der Waals surface area contributed by atoms with Gasteiger partial charge in [-0.3, -0.25) is 9.48 Å². The molecule has 1 aliphatic heterocycles. The quantitative estimate of drug-likeness (QED) is 0.723. The van der Waals surface area contributed by atoms with Crippen LogP contribution < -0.4 is 4.90 Å². The lowest BCUT2D eigenvalue weighted by Gasteiger charge is -2.18. The highest BCUT2D eigenvalue weighted by Crippen LogP contribution is 2.36. The van der Waals surface area contributed by atoms with E-state index in [0.29, 0.717) is 13.0 Å². The van der Waals surface area contributed by atoms with Crippen molar-refractivity contribution in [2.24, 2.45) is 12.5 Å². The molecule has 0 N–H and O–H groups in total. The maximum atomic E-state index is 12.6. The van der Waals surface area contributed by atoms with Crippen LogP contribution in [0.4, 0.5) is 5.69 Å². The molecule has 0 aromatic carbocycles. The minimum atomic E-state index is -0.945. The number of nitrogens with zero attached hydrogens (tertiary/aromatic N) is 6. The Morgan fingerprint density at radius 2 is 2.12 bits per heavy atom. The highest BCUT2D eigenvalue weighted by atomic mass is 16.2. The van der Waals surface area contributed by atoms with E-state index in [2.05, 4.69) is 16.3 Å². The van der Waals surface area contributed by atoms with Crippen LogP contribution in [-0.4, -0.2) is 31.8 Å². The third-order valence-electron chi connectivity index (χ3n) is 4.61. The van der Waals surface area contributed by atoms with E-state index in [1.807, 2.05) is 31.6 Å². The van der Waals surface area contributed by atoms with Crippen LogP contribution in [-0.2, 0) is 11.8 Å². The lowest BCUT2D eigenvalue weighted by atomic mass is 9.91. The van der Waals surface area contributed by atoms with E-state index in [1.165, 1.54) is 0 Å². The van der Waals surface area contributed by atoms with Gasteiger partial charge in [0.25, 0.3) is 0 Å². The van der Waals surface area contributed by atoms with Crippen LogP contribution in [0.15, 0.2) is 36.9 Å². The molecular formula is C17H16N6O. The molecule has 4 heterocycles. The Hall–Kier alpha value is -3.14. The first-order chi connectivity index (χ1) is 11.5. The molecule has 1 amide bonds. The predicted octanol–water partition coefficient (Wildman–Crippen LogP) is 2.00. The third-order valence-corrected chi connectivity index (χ3v) is 4.61. The minimum Gasteiger partial charge on any atom is -0.309 e. The first kappa shape index (κ1) is 14.5. The van der Waals surface area contributed by atoms with Gasteiger partial charge in [-0.15, -0.1) is 0 Å². The second kappa shape index (κ2) is 4.93. The number of amides is 1. The molecule has 7 nitrogen and oxygen atoms in total. The highest BCUT2D eigenvalue weighted by molar-refractivity contribution is 6.04. The smallest absolute Gasteiger partial charge is 0.247 e. The topological polar surface area (TPSA) is 79.2 Å². The Kier molecular flexibility index (Phi) is 2.97. The summed E-state index contributed by atoms with van der Waals surface area (Å²) in [5.41, 5.74) is 2.65. The van der Waals surface area contributed by atoms with Crippen LogP contribution in [0.3, 0.4) is 0 Å². The maximum Gasteiger partial charge on any atom is 0.247 e. The number of fused-ring (bicyclic) bond motifs is 1. The number of anilines is 1.